The molecule has 2 rings (SSSR count). The first-order valence-electron chi connectivity index (χ1n) is 5.58. The maximum absolute atomic E-state index is 5.70. The van der Waals surface area contributed by atoms with Crippen LogP contribution in [-0.4, -0.2) is 16.2 Å². The Bertz CT molecular complexity index is 546. The molecule has 18 heavy (non-hydrogen) atoms. The topological polar surface area (TPSA) is 61.0 Å². The van der Waals surface area contributed by atoms with Crippen molar-refractivity contribution in [3.05, 3.63) is 41.7 Å². The molecule has 0 radical (unpaired) electrons. The average molecular weight is 261 g/mol. The van der Waals surface area contributed by atoms with Gasteiger partial charge in [0.15, 0.2) is 0 Å². The Morgan fingerprint density at radius 1 is 1.33 bits per heavy atom. The normalized spacial score (nSPS) is 10.4. The van der Waals surface area contributed by atoms with E-state index in [0.29, 0.717) is 12.6 Å². The van der Waals surface area contributed by atoms with Crippen LogP contribution in [0.2, 0.25) is 0 Å². The Morgan fingerprint density at radius 3 is 2.78 bits per heavy atom. The Labute approximate surface area is 111 Å². The molecule has 0 atom stereocenters. The number of aromatic nitrogens is 2. The molecule has 0 aliphatic carbocycles. The lowest BCUT2D eigenvalue weighted by atomic mass is 10.2. The second-order valence-electron chi connectivity index (χ2n) is 3.72. The molecule has 1 aromatic heterocycles. The number of hydrogen-bond acceptors (Lipinski definition) is 5. The zero-order valence-electron chi connectivity index (χ0n) is 10.4. The van der Waals surface area contributed by atoms with Crippen LogP contribution < -0.4 is 10.5 Å². The van der Waals surface area contributed by atoms with Gasteiger partial charge in [-0.15, -0.1) is 11.8 Å². The summed E-state index contributed by atoms with van der Waals surface area (Å²) in [5.74, 6) is 0.768. The predicted octanol–water partition coefficient (Wildman–Crippen LogP) is 2.76. The molecule has 1 heterocycles. The molecule has 0 aliphatic heterocycles. The van der Waals surface area contributed by atoms with Gasteiger partial charge in [-0.2, -0.15) is 4.98 Å². The number of para-hydroxylation sites is 1. The molecule has 1 aromatic carbocycles. The molecule has 0 spiro atoms. The van der Waals surface area contributed by atoms with Crippen LogP contribution in [0.5, 0.6) is 11.8 Å². The summed E-state index contributed by atoms with van der Waals surface area (Å²) in [4.78, 5) is 9.51. The lowest BCUT2D eigenvalue weighted by molar-refractivity contribution is 0.430. The van der Waals surface area contributed by atoms with Crippen molar-refractivity contribution < 1.29 is 4.74 Å². The fraction of sp³-hybridized carbons (Fsp3) is 0.231. The van der Waals surface area contributed by atoms with Crippen LogP contribution in [0, 0.1) is 6.92 Å². The SMILES string of the molecule is CSc1ccccc1Oc1ncc(CN)c(C)n1. The first-order chi connectivity index (χ1) is 8.74. The average Bonchev–Trinajstić information content (AvgIpc) is 2.39. The number of nitrogens with zero attached hydrogens (tertiary/aromatic N) is 2. The largest absolute Gasteiger partial charge is 0.423 e. The van der Waals surface area contributed by atoms with E-state index in [0.717, 1.165) is 21.9 Å². The van der Waals surface area contributed by atoms with Crippen molar-refractivity contribution in [3.8, 4) is 11.8 Å². The van der Waals surface area contributed by atoms with Crippen molar-refractivity contribution in [2.75, 3.05) is 6.26 Å². The van der Waals surface area contributed by atoms with E-state index in [4.69, 9.17) is 10.5 Å². The zero-order valence-corrected chi connectivity index (χ0v) is 11.2. The molecule has 0 fully saturated rings. The second kappa shape index (κ2) is 5.84. The molecule has 4 nitrogen and oxygen atoms in total. The van der Waals surface area contributed by atoms with E-state index in [1.807, 2.05) is 37.4 Å². The Morgan fingerprint density at radius 2 is 2.11 bits per heavy atom. The minimum absolute atomic E-state index is 0.353. The first-order valence-corrected chi connectivity index (χ1v) is 6.80. The molecule has 0 saturated heterocycles. The third-order valence-electron chi connectivity index (χ3n) is 2.55. The van der Waals surface area contributed by atoms with Crippen molar-refractivity contribution in [1.29, 1.82) is 0 Å². The summed E-state index contributed by atoms with van der Waals surface area (Å²) in [6.07, 6.45) is 3.71. The molecular weight excluding hydrogens is 246 g/mol. The summed E-state index contributed by atoms with van der Waals surface area (Å²) in [5, 5.41) is 0. The van der Waals surface area contributed by atoms with Crippen molar-refractivity contribution in [2.45, 2.75) is 18.4 Å². The second-order valence-corrected chi connectivity index (χ2v) is 4.57. The lowest BCUT2D eigenvalue weighted by Crippen LogP contribution is -2.03. The van der Waals surface area contributed by atoms with Crippen LogP contribution in [-0.2, 0) is 6.54 Å². The zero-order chi connectivity index (χ0) is 13.0. The first kappa shape index (κ1) is 12.9. The summed E-state index contributed by atoms with van der Waals surface area (Å²) >= 11 is 1.63. The minimum Gasteiger partial charge on any atom is -0.423 e. The summed E-state index contributed by atoms with van der Waals surface area (Å²) in [6.45, 7) is 2.34. The predicted molar refractivity (Wildman–Crippen MR) is 73.0 cm³/mol. The molecule has 2 N–H and O–H groups in total. The molecule has 0 saturated carbocycles. The molecule has 2 aromatic rings. The smallest absolute Gasteiger partial charge is 0.322 e. The van der Waals surface area contributed by atoms with E-state index in [9.17, 15) is 0 Å². The highest BCUT2D eigenvalue weighted by molar-refractivity contribution is 7.98. The highest BCUT2D eigenvalue weighted by Crippen LogP contribution is 2.29. The van der Waals surface area contributed by atoms with Crippen molar-refractivity contribution in [3.63, 3.8) is 0 Å². The van der Waals surface area contributed by atoms with Gasteiger partial charge in [-0.1, -0.05) is 12.1 Å². The van der Waals surface area contributed by atoms with Gasteiger partial charge < -0.3 is 10.5 Å². The maximum atomic E-state index is 5.70. The van der Waals surface area contributed by atoms with Crippen LogP contribution in [0.1, 0.15) is 11.3 Å². The van der Waals surface area contributed by atoms with E-state index in [1.165, 1.54) is 0 Å². The maximum Gasteiger partial charge on any atom is 0.322 e. The van der Waals surface area contributed by atoms with Crippen molar-refractivity contribution >= 4 is 11.8 Å². The highest BCUT2D eigenvalue weighted by atomic mass is 32.2. The van der Waals surface area contributed by atoms with Gasteiger partial charge >= 0.3 is 6.01 Å². The summed E-state index contributed by atoms with van der Waals surface area (Å²) in [5.41, 5.74) is 7.36. The van der Waals surface area contributed by atoms with E-state index < -0.39 is 0 Å². The molecule has 0 unspecified atom stereocenters. The van der Waals surface area contributed by atoms with E-state index in [-0.39, 0.29) is 0 Å². The highest BCUT2D eigenvalue weighted by Gasteiger charge is 2.07. The fourth-order valence-electron chi connectivity index (χ4n) is 1.52. The third kappa shape index (κ3) is 2.80. The van der Waals surface area contributed by atoms with E-state index in [1.54, 1.807) is 18.0 Å². The van der Waals surface area contributed by atoms with Gasteiger partial charge in [0.05, 0.1) is 0 Å². The molecule has 0 amide bonds. The molecule has 5 heteroatoms. The number of rotatable bonds is 4. The van der Waals surface area contributed by atoms with Gasteiger partial charge in [-0.25, -0.2) is 4.98 Å². The fourth-order valence-corrected chi connectivity index (χ4v) is 2.05. The summed E-state index contributed by atoms with van der Waals surface area (Å²) in [7, 11) is 0. The Hall–Kier alpha value is -1.59. The van der Waals surface area contributed by atoms with Gasteiger partial charge in [0, 0.05) is 28.9 Å². The van der Waals surface area contributed by atoms with Crippen molar-refractivity contribution in [1.82, 2.24) is 9.97 Å². The Balaban J connectivity index is 2.26. The van der Waals surface area contributed by atoms with Crippen molar-refractivity contribution in [2.24, 2.45) is 5.73 Å². The van der Waals surface area contributed by atoms with Gasteiger partial charge in [0.2, 0.25) is 0 Å². The van der Waals surface area contributed by atoms with Gasteiger partial charge in [-0.05, 0) is 25.3 Å². The van der Waals surface area contributed by atoms with Crippen LogP contribution in [0.25, 0.3) is 0 Å². The number of nitrogens with two attached hydrogens (primary N) is 1. The van der Waals surface area contributed by atoms with Gasteiger partial charge in [0.25, 0.3) is 0 Å². The van der Waals surface area contributed by atoms with Gasteiger partial charge in [0.1, 0.15) is 5.75 Å². The van der Waals surface area contributed by atoms with Crippen LogP contribution in [0.15, 0.2) is 35.4 Å². The molecular formula is C13H15N3OS. The number of thioether (sulfide) groups is 1. The summed E-state index contributed by atoms with van der Waals surface area (Å²) < 4.78 is 5.70. The van der Waals surface area contributed by atoms with Crippen LogP contribution >= 0.6 is 11.8 Å². The standard InChI is InChI=1S/C13H15N3OS/c1-9-10(7-14)8-15-13(16-9)17-11-5-3-4-6-12(11)18-2/h3-6,8H,7,14H2,1-2H3. The van der Waals surface area contributed by atoms with E-state index in [2.05, 4.69) is 9.97 Å². The quantitative estimate of drug-likeness (QED) is 0.857. The van der Waals surface area contributed by atoms with Gasteiger partial charge in [-0.3, -0.25) is 0 Å². The van der Waals surface area contributed by atoms with Crippen LogP contribution in [0.4, 0.5) is 0 Å². The Kier molecular flexibility index (Phi) is 4.17. The lowest BCUT2D eigenvalue weighted by Gasteiger charge is -2.09. The molecule has 0 aliphatic rings. The minimum atomic E-state index is 0.353. The van der Waals surface area contributed by atoms with E-state index >= 15 is 0 Å². The number of hydrogen-bond donors (Lipinski definition) is 1. The number of ether oxygens (including phenoxy) is 1. The number of aryl methyl sites for hydroxylation is 1. The molecule has 94 valence electrons. The monoisotopic (exact) mass is 261 g/mol. The molecule has 0 bridgehead atoms. The number of benzene rings is 1. The summed E-state index contributed by atoms with van der Waals surface area (Å²) in [6, 6.07) is 8.16. The van der Waals surface area contributed by atoms with Crippen LogP contribution in [0.3, 0.4) is 0 Å². The third-order valence-corrected chi connectivity index (χ3v) is 3.33.